The molecule has 1 N–H and O–H groups in total. The monoisotopic (exact) mass is 478 g/mol. The van der Waals surface area contributed by atoms with Crippen LogP contribution in [0, 0.1) is 0 Å². The molecule has 0 radical (unpaired) electrons. The van der Waals surface area contributed by atoms with Gasteiger partial charge in [0.25, 0.3) is 5.91 Å². The predicted octanol–water partition coefficient (Wildman–Crippen LogP) is 4.26. The second kappa shape index (κ2) is 8.78. The van der Waals surface area contributed by atoms with Crippen LogP contribution in [-0.4, -0.2) is 55.1 Å². The van der Waals surface area contributed by atoms with E-state index in [0.29, 0.717) is 17.1 Å². The quantitative estimate of drug-likeness (QED) is 0.594. The van der Waals surface area contributed by atoms with Crippen LogP contribution in [0.4, 0.5) is 5.13 Å². The number of hydrogen-bond donors (Lipinski definition) is 1. The summed E-state index contributed by atoms with van der Waals surface area (Å²) in [6.07, 6.45) is 0. The summed E-state index contributed by atoms with van der Waals surface area (Å²) in [5, 5.41) is 4.63. The van der Waals surface area contributed by atoms with E-state index >= 15 is 0 Å². The number of nitrogens with one attached hydrogen (secondary N) is 1. The Labute approximate surface area is 181 Å². The molecular formula is C20H20BrClN4OS. The normalized spacial score (nSPS) is 15.1. The number of halogens is 2. The van der Waals surface area contributed by atoms with Crippen molar-refractivity contribution in [3.05, 3.63) is 57.5 Å². The molecule has 1 saturated heterocycles. The van der Waals surface area contributed by atoms with Crippen LogP contribution in [0.25, 0.3) is 10.2 Å². The minimum absolute atomic E-state index is 0.0817. The fourth-order valence-corrected chi connectivity index (χ4v) is 5.00. The number of hydrogen-bond acceptors (Lipinski definition) is 5. The first-order valence-corrected chi connectivity index (χ1v) is 11.1. The minimum Gasteiger partial charge on any atom is -0.351 e. The van der Waals surface area contributed by atoms with Gasteiger partial charge in [-0.25, -0.2) is 4.98 Å². The number of thiazole rings is 1. The van der Waals surface area contributed by atoms with E-state index in [1.165, 1.54) is 4.70 Å². The Kier molecular flexibility index (Phi) is 6.16. The van der Waals surface area contributed by atoms with Crippen LogP contribution in [-0.2, 0) is 0 Å². The molecule has 1 fully saturated rings. The van der Waals surface area contributed by atoms with Crippen molar-refractivity contribution < 1.29 is 4.79 Å². The maximum Gasteiger partial charge on any atom is 0.251 e. The summed E-state index contributed by atoms with van der Waals surface area (Å²) in [6.45, 7) is 5.29. The summed E-state index contributed by atoms with van der Waals surface area (Å²) in [5.41, 5.74) is 1.65. The van der Waals surface area contributed by atoms with Gasteiger partial charge in [0, 0.05) is 54.3 Å². The smallest absolute Gasteiger partial charge is 0.251 e. The zero-order valence-corrected chi connectivity index (χ0v) is 18.4. The van der Waals surface area contributed by atoms with Gasteiger partial charge in [-0.3, -0.25) is 9.69 Å². The highest BCUT2D eigenvalue weighted by Gasteiger charge is 2.20. The number of carbonyl (C=O) groups excluding carboxylic acids is 1. The van der Waals surface area contributed by atoms with Crippen molar-refractivity contribution in [2.45, 2.75) is 0 Å². The molecule has 0 bridgehead atoms. The number of anilines is 1. The number of piperazine rings is 1. The van der Waals surface area contributed by atoms with Crippen molar-refractivity contribution in [3.63, 3.8) is 0 Å². The van der Waals surface area contributed by atoms with Crippen LogP contribution in [0.5, 0.6) is 0 Å². The Morgan fingerprint density at radius 2 is 2.00 bits per heavy atom. The van der Waals surface area contributed by atoms with Crippen LogP contribution in [0.15, 0.2) is 46.9 Å². The average molecular weight is 480 g/mol. The van der Waals surface area contributed by atoms with Gasteiger partial charge >= 0.3 is 0 Å². The average Bonchev–Trinajstić information content (AvgIpc) is 3.11. The van der Waals surface area contributed by atoms with Gasteiger partial charge in [-0.05, 0) is 36.4 Å². The highest BCUT2D eigenvalue weighted by molar-refractivity contribution is 9.10. The lowest BCUT2D eigenvalue weighted by Crippen LogP contribution is -2.48. The zero-order valence-electron chi connectivity index (χ0n) is 15.2. The Bertz CT molecular complexity index is 987. The topological polar surface area (TPSA) is 48.5 Å². The van der Waals surface area contributed by atoms with Gasteiger partial charge in [0.15, 0.2) is 5.13 Å². The van der Waals surface area contributed by atoms with Gasteiger partial charge < -0.3 is 10.2 Å². The summed E-state index contributed by atoms with van der Waals surface area (Å²) in [5.74, 6) is -0.0817. The first-order valence-electron chi connectivity index (χ1n) is 9.16. The Balaban J connectivity index is 1.25. The number of nitrogens with zero attached hydrogens (tertiary/aromatic N) is 3. The first kappa shape index (κ1) is 19.6. The molecule has 0 aliphatic carbocycles. The van der Waals surface area contributed by atoms with Gasteiger partial charge in [0.05, 0.1) is 10.2 Å². The van der Waals surface area contributed by atoms with E-state index in [9.17, 15) is 4.79 Å². The Morgan fingerprint density at radius 1 is 1.18 bits per heavy atom. The number of carbonyl (C=O) groups is 1. The van der Waals surface area contributed by atoms with Crippen molar-refractivity contribution >= 4 is 60.1 Å². The van der Waals surface area contributed by atoms with Crippen LogP contribution in [0.1, 0.15) is 10.4 Å². The Morgan fingerprint density at radius 3 is 2.79 bits per heavy atom. The Hall–Kier alpha value is -1.67. The molecule has 0 atom stereocenters. The third-order valence-electron chi connectivity index (χ3n) is 4.78. The molecule has 5 nitrogen and oxygen atoms in total. The molecule has 0 spiro atoms. The van der Waals surface area contributed by atoms with Crippen LogP contribution in [0.2, 0.25) is 5.02 Å². The second-order valence-electron chi connectivity index (χ2n) is 6.70. The molecular weight excluding hydrogens is 460 g/mol. The second-order valence-corrected chi connectivity index (χ2v) is 9.06. The molecule has 146 valence electrons. The lowest BCUT2D eigenvalue weighted by molar-refractivity contribution is 0.0948. The maximum absolute atomic E-state index is 12.2. The third-order valence-corrected chi connectivity index (χ3v) is 6.59. The van der Waals surface area contributed by atoms with E-state index in [2.05, 4.69) is 43.2 Å². The molecule has 8 heteroatoms. The molecule has 3 aromatic rings. The van der Waals surface area contributed by atoms with Crippen LogP contribution >= 0.6 is 38.9 Å². The lowest BCUT2D eigenvalue weighted by atomic mass is 10.2. The van der Waals surface area contributed by atoms with E-state index in [1.807, 2.05) is 6.07 Å². The van der Waals surface area contributed by atoms with Gasteiger partial charge in [-0.1, -0.05) is 44.9 Å². The summed E-state index contributed by atoms with van der Waals surface area (Å²) in [7, 11) is 0. The zero-order chi connectivity index (χ0) is 19.5. The summed E-state index contributed by atoms with van der Waals surface area (Å²) in [6, 6.07) is 13.2. The first-order chi connectivity index (χ1) is 13.6. The largest absolute Gasteiger partial charge is 0.351 e. The van der Waals surface area contributed by atoms with E-state index < -0.39 is 0 Å². The molecule has 0 unspecified atom stereocenters. The maximum atomic E-state index is 12.2. The predicted molar refractivity (Wildman–Crippen MR) is 120 cm³/mol. The lowest BCUT2D eigenvalue weighted by Gasteiger charge is -2.34. The van der Waals surface area contributed by atoms with Crippen molar-refractivity contribution in [1.82, 2.24) is 15.2 Å². The number of benzene rings is 2. The van der Waals surface area contributed by atoms with Crippen molar-refractivity contribution in [3.8, 4) is 0 Å². The number of amides is 1. The molecule has 4 rings (SSSR count). The highest BCUT2D eigenvalue weighted by Crippen LogP contribution is 2.31. The standard InChI is InChI=1S/C20H20BrClN4OS/c21-15-4-5-17-18(13-15)28-20(24-17)26-10-8-25(9-11-26)7-6-23-19(27)14-2-1-3-16(22)12-14/h1-5,12-13H,6-11H2,(H,23,27). The van der Waals surface area contributed by atoms with E-state index in [-0.39, 0.29) is 5.91 Å². The molecule has 1 amide bonds. The number of rotatable bonds is 5. The summed E-state index contributed by atoms with van der Waals surface area (Å²) in [4.78, 5) is 21.7. The summed E-state index contributed by atoms with van der Waals surface area (Å²) < 4.78 is 2.29. The molecule has 0 saturated carbocycles. The van der Waals surface area contributed by atoms with Gasteiger partial charge in [-0.15, -0.1) is 0 Å². The summed E-state index contributed by atoms with van der Waals surface area (Å²) >= 11 is 11.2. The molecule has 1 aliphatic rings. The third kappa shape index (κ3) is 4.66. The number of fused-ring (bicyclic) bond motifs is 1. The van der Waals surface area contributed by atoms with E-state index in [0.717, 1.165) is 47.8 Å². The molecule has 28 heavy (non-hydrogen) atoms. The minimum atomic E-state index is -0.0817. The van der Waals surface area contributed by atoms with E-state index in [1.54, 1.807) is 35.6 Å². The van der Waals surface area contributed by atoms with Crippen LogP contribution < -0.4 is 10.2 Å². The fourth-order valence-electron chi connectivity index (χ4n) is 3.24. The molecule has 2 heterocycles. The highest BCUT2D eigenvalue weighted by atomic mass is 79.9. The molecule has 1 aliphatic heterocycles. The fraction of sp³-hybridized carbons (Fsp3) is 0.300. The van der Waals surface area contributed by atoms with Gasteiger partial charge in [0.2, 0.25) is 0 Å². The van der Waals surface area contributed by atoms with Gasteiger partial charge in [-0.2, -0.15) is 0 Å². The van der Waals surface area contributed by atoms with Crippen molar-refractivity contribution in [2.75, 3.05) is 44.2 Å². The number of aromatic nitrogens is 1. The molecule has 1 aromatic heterocycles. The van der Waals surface area contributed by atoms with Crippen LogP contribution in [0.3, 0.4) is 0 Å². The SMILES string of the molecule is O=C(NCCN1CCN(c2nc3ccc(Br)cc3s2)CC1)c1cccc(Cl)c1. The van der Waals surface area contributed by atoms with E-state index in [4.69, 9.17) is 16.6 Å². The van der Waals surface area contributed by atoms with Crippen molar-refractivity contribution in [2.24, 2.45) is 0 Å². The molecule has 2 aromatic carbocycles. The van der Waals surface area contributed by atoms with Crippen molar-refractivity contribution in [1.29, 1.82) is 0 Å². The van der Waals surface area contributed by atoms with Gasteiger partial charge in [0.1, 0.15) is 0 Å².